The van der Waals surface area contributed by atoms with Gasteiger partial charge in [-0.1, -0.05) is 25.7 Å². The largest absolute Gasteiger partial charge is 0.367 e. The van der Waals surface area contributed by atoms with E-state index in [0.717, 1.165) is 37.8 Å². The normalized spacial score (nSPS) is 20.8. The average molecular weight is 332 g/mol. The molecule has 2 aliphatic rings. The number of hydrogen-bond donors (Lipinski definition) is 1. The molecule has 0 aromatic carbocycles. The molecule has 3 rings (SSSR count). The lowest BCUT2D eigenvalue weighted by atomic mass is 9.80. The maximum atomic E-state index is 12.8. The molecule has 1 spiro atoms. The third-order valence-corrected chi connectivity index (χ3v) is 5.52. The van der Waals surface area contributed by atoms with Gasteiger partial charge in [0.2, 0.25) is 11.5 Å². The third-order valence-electron chi connectivity index (χ3n) is 5.52. The molecule has 2 heterocycles. The van der Waals surface area contributed by atoms with Crippen LogP contribution in [0.2, 0.25) is 0 Å². The Bertz CT molecular complexity index is 603. The summed E-state index contributed by atoms with van der Waals surface area (Å²) in [5.74, 6) is 0.112. The van der Waals surface area contributed by atoms with Crippen LogP contribution in [-0.4, -0.2) is 34.5 Å². The van der Waals surface area contributed by atoms with Crippen LogP contribution in [0.25, 0.3) is 0 Å². The van der Waals surface area contributed by atoms with E-state index in [4.69, 9.17) is 4.74 Å². The van der Waals surface area contributed by atoms with E-state index in [0.29, 0.717) is 6.61 Å². The van der Waals surface area contributed by atoms with Gasteiger partial charge in [-0.05, 0) is 43.7 Å². The zero-order valence-electron chi connectivity index (χ0n) is 14.4. The highest BCUT2D eigenvalue weighted by Gasteiger charge is 2.41. The average Bonchev–Trinajstić information content (AvgIpc) is 2.81. The van der Waals surface area contributed by atoms with Crippen molar-refractivity contribution in [3.05, 3.63) is 34.2 Å². The predicted octanol–water partition coefficient (Wildman–Crippen LogP) is 3.00. The molecule has 0 bridgehead atoms. The van der Waals surface area contributed by atoms with Gasteiger partial charge in [-0.25, -0.2) is 0 Å². The van der Waals surface area contributed by atoms with Crippen LogP contribution in [0, 0.1) is 0 Å². The van der Waals surface area contributed by atoms with E-state index in [2.05, 4.69) is 9.88 Å². The summed E-state index contributed by atoms with van der Waals surface area (Å²) in [6, 6.07) is 3.32. The number of aromatic nitrogens is 1. The minimum absolute atomic E-state index is 0.0824. The first-order valence-electron chi connectivity index (χ1n) is 9.25. The van der Waals surface area contributed by atoms with Crippen molar-refractivity contribution in [3.8, 4) is 0 Å². The number of amides is 1. The molecule has 5 heteroatoms. The Balaban J connectivity index is 1.58. The molecule has 132 valence electrons. The van der Waals surface area contributed by atoms with Crippen LogP contribution in [0.4, 0.5) is 0 Å². The number of rotatable bonds is 4. The third kappa shape index (κ3) is 4.07. The summed E-state index contributed by atoms with van der Waals surface area (Å²) in [5, 5.41) is 0. The first kappa shape index (κ1) is 17.2. The number of piperidine rings is 1. The summed E-state index contributed by atoms with van der Waals surface area (Å²) < 4.78 is 5.61. The molecular formula is C19H28N2O3. The Kier molecular flexibility index (Phi) is 5.72. The number of likely N-dealkylation sites (tertiary alicyclic amines) is 1. The molecule has 1 saturated heterocycles. The quantitative estimate of drug-likeness (QED) is 0.922. The number of carbonyl (C=O) groups is 1. The molecule has 1 aromatic heterocycles. The summed E-state index contributed by atoms with van der Waals surface area (Å²) >= 11 is 0. The van der Waals surface area contributed by atoms with Crippen molar-refractivity contribution in [2.24, 2.45) is 0 Å². The van der Waals surface area contributed by atoms with Crippen LogP contribution in [0.3, 0.4) is 0 Å². The maximum absolute atomic E-state index is 12.8. The molecule has 1 saturated carbocycles. The molecule has 2 fully saturated rings. The fraction of sp³-hybridized carbons (Fsp3) is 0.684. The zero-order chi connectivity index (χ0) is 16.8. The number of nitrogens with zero attached hydrogens (tertiary/aromatic N) is 1. The van der Waals surface area contributed by atoms with Gasteiger partial charge in [-0.15, -0.1) is 0 Å². The smallest absolute Gasteiger partial charge is 0.249 e. The van der Waals surface area contributed by atoms with Crippen molar-refractivity contribution in [2.45, 2.75) is 69.9 Å². The number of nitrogens with one attached hydrogen (secondary N) is 1. The number of aromatic amines is 1. The second kappa shape index (κ2) is 7.97. The van der Waals surface area contributed by atoms with Crippen molar-refractivity contribution in [1.29, 1.82) is 0 Å². The van der Waals surface area contributed by atoms with Gasteiger partial charge < -0.3 is 14.6 Å². The minimum Gasteiger partial charge on any atom is -0.367 e. The molecule has 0 radical (unpaired) electrons. The van der Waals surface area contributed by atoms with Gasteiger partial charge in [0, 0.05) is 24.3 Å². The second-order valence-corrected chi connectivity index (χ2v) is 7.20. The number of carbonyl (C=O) groups excluding carboxylic acids is 1. The van der Waals surface area contributed by atoms with Crippen molar-refractivity contribution in [1.82, 2.24) is 9.88 Å². The highest BCUT2D eigenvalue weighted by atomic mass is 16.5. The number of H-pyrrole nitrogens is 1. The lowest BCUT2D eigenvalue weighted by Gasteiger charge is -2.47. The highest BCUT2D eigenvalue weighted by Crippen LogP contribution is 2.39. The van der Waals surface area contributed by atoms with Crippen LogP contribution in [0.1, 0.15) is 63.4 Å². The van der Waals surface area contributed by atoms with Crippen LogP contribution in [0.15, 0.2) is 23.1 Å². The van der Waals surface area contributed by atoms with Gasteiger partial charge >= 0.3 is 0 Å². The van der Waals surface area contributed by atoms with Crippen molar-refractivity contribution in [3.63, 3.8) is 0 Å². The van der Waals surface area contributed by atoms with Gasteiger partial charge in [-0.3, -0.25) is 9.59 Å². The summed E-state index contributed by atoms with van der Waals surface area (Å²) in [6.45, 7) is 1.28. The van der Waals surface area contributed by atoms with E-state index in [9.17, 15) is 9.59 Å². The maximum Gasteiger partial charge on any atom is 0.249 e. The molecule has 1 aromatic rings. The fourth-order valence-corrected chi connectivity index (χ4v) is 4.30. The van der Waals surface area contributed by atoms with Gasteiger partial charge in [-0.2, -0.15) is 0 Å². The van der Waals surface area contributed by atoms with E-state index < -0.39 is 0 Å². The van der Waals surface area contributed by atoms with E-state index in [1.807, 2.05) is 0 Å². The summed E-state index contributed by atoms with van der Waals surface area (Å²) in [5.41, 5.74) is 0.740. The van der Waals surface area contributed by atoms with E-state index in [1.165, 1.54) is 38.2 Å². The molecule has 0 atom stereocenters. The zero-order valence-corrected chi connectivity index (χ0v) is 14.4. The predicted molar refractivity (Wildman–Crippen MR) is 92.7 cm³/mol. The summed E-state index contributed by atoms with van der Waals surface area (Å²) in [7, 11) is 0. The van der Waals surface area contributed by atoms with E-state index in [1.54, 1.807) is 12.3 Å². The Labute approximate surface area is 143 Å². The van der Waals surface area contributed by atoms with E-state index >= 15 is 0 Å². The number of hydrogen-bond acceptors (Lipinski definition) is 3. The molecule has 0 unspecified atom stereocenters. The van der Waals surface area contributed by atoms with Crippen LogP contribution >= 0.6 is 0 Å². The van der Waals surface area contributed by atoms with Gasteiger partial charge in [0.15, 0.2) is 0 Å². The lowest BCUT2D eigenvalue weighted by molar-refractivity contribution is -0.146. The minimum atomic E-state index is -0.143. The fourth-order valence-electron chi connectivity index (χ4n) is 4.30. The molecule has 1 aliphatic heterocycles. The standard InChI is InChI=1S/C19H28N2O3/c22-17-13-16(7-11-20-17)14-24-15-18(23)21-12-6-5-10-19(21)8-3-1-2-4-9-19/h7,11,13H,1-6,8-10,12,14-15H2,(H,20,22). The topological polar surface area (TPSA) is 62.4 Å². The molecule has 1 amide bonds. The van der Waals surface area contributed by atoms with Crippen LogP contribution in [0.5, 0.6) is 0 Å². The monoisotopic (exact) mass is 332 g/mol. The van der Waals surface area contributed by atoms with Crippen LogP contribution in [-0.2, 0) is 16.1 Å². The van der Waals surface area contributed by atoms with Gasteiger partial charge in [0.05, 0.1) is 6.61 Å². The lowest BCUT2D eigenvalue weighted by Crippen LogP contribution is -2.55. The Hall–Kier alpha value is -1.62. The molecule has 5 nitrogen and oxygen atoms in total. The van der Waals surface area contributed by atoms with Crippen molar-refractivity contribution < 1.29 is 9.53 Å². The first-order valence-corrected chi connectivity index (χ1v) is 9.25. The number of ether oxygens (including phenoxy) is 1. The number of pyridine rings is 1. The van der Waals surface area contributed by atoms with Gasteiger partial charge in [0.1, 0.15) is 6.61 Å². The van der Waals surface area contributed by atoms with Crippen molar-refractivity contribution >= 4 is 5.91 Å². The Morgan fingerprint density at radius 2 is 1.83 bits per heavy atom. The van der Waals surface area contributed by atoms with Crippen molar-refractivity contribution in [2.75, 3.05) is 13.2 Å². The Morgan fingerprint density at radius 1 is 1.12 bits per heavy atom. The highest BCUT2D eigenvalue weighted by molar-refractivity contribution is 5.78. The molecule has 24 heavy (non-hydrogen) atoms. The first-order chi connectivity index (χ1) is 11.7. The molecular weight excluding hydrogens is 304 g/mol. The summed E-state index contributed by atoms with van der Waals surface area (Å²) in [4.78, 5) is 28.8. The Morgan fingerprint density at radius 3 is 2.54 bits per heavy atom. The second-order valence-electron chi connectivity index (χ2n) is 7.20. The summed E-state index contributed by atoms with van der Waals surface area (Å²) in [6.07, 6.45) is 12.4. The van der Waals surface area contributed by atoms with Gasteiger partial charge in [0.25, 0.3) is 0 Å². The van der Waals surface area contributed by atoms with Crippen LogP contribution < -0.4 is 5.56 Å². The SMILES string of the molecule is O=C(COCc1cc[nH]c(=O)c1)N1CCCCC12CCCCCC2. The van der Waals surface area contributed by atoms with E-state index in [-0.39, 0.29) is 23.6 Å². The molecule has 1 aliphatic carbocycles. The molecule has 1 N–H and O–H groups in total.